The van der Waals surface area contributed by atoms with E-state index in [1.165, 1.54) is 0 Å². The van der Waals surface area contributed by atoms with Gasteiger partial charge >= 0.3 is 0 Å². The lowest BCUT2D eigenvalue weighted by Crippen LogP contribution is -2.37. The Balaban J connectivity index is 1.29. The summed E-state index contributed by atoms with van der Waals surface area (Å²) in [7, 11) is 0. The number of aromatic nitrogens is 3. The second-order valence-corrected chi connectivity index (χ2v) is 8.66. The van der Waals surface area contributed by atoms with Gasteiger partial charge in [0.25, 0.3) is 0 Å². The van der Waals surface area contributed by atoms with E-state index < -0.39 is 5.82 Å². The van der Waals surface area contributed by atoms with E-state index in [4.69, 9.17) is 4.74 Å². The third kappa shape index (κ3) is 8.75. The number of aliphatic hydroxyl groups excluding tert-OH is 1. The predicted octanol–water partition coefficient (Wildman–Crippen LogP) is 5.44. The summed E-state index contributed by atoms with van der Waals surface area (Å²) in [5, 5.41) is 17.6. The molecule has 0 atom stereocenters. The van der Waals surface area contributed by atoms with E-state index in [2.05, 4.69) is 42.9 Å². The zero-order valence-corrected chi connectivity index (χ0v) is 21.8. The van der Waals surface area contributed by atoms with Crippen molar-refractivity contribution >= 4 is 23.7 Å². The van der Waals surface area contributed by atoms with E-state index in [0.717, 1.165) is 29.6 Å². The van der Waals surface area contributed by atoms with Crippen molar-refractivity contribution in [2.45, 2.75) is 19.8 Å². The number of pyridine rings is 1. The molecule has 9 nitrogen and oxygen atoms in total. The largest absolute Gasteiger partial charge is 0.512 e. The molecule has 0 aromatic carbocycles. The zero-order chi connectivity index (χ0) is 27.3. The van der Waals surface area contributed by atoms with Gasteiger partial charge in [0.1, 0.15) is 0 Å². The molecule has 0 amide bonds. The summed E-state index contributed by atoms with van der Waals surface area (Å²) < 4.78 is 19.5. The van der Waals surface area contributed by atoms with Crippen LogP contribution in [-0.2, 0) is 4.74 Å². The molecule has 1 saturated heterocycles. The quantitative estimate of drug-likeness (QED) is 0.162. The Morgan fingerprint density at radius 2 is 2.03 bits per heavy atom. The Hall–Kier alpha value is -4.57. The smallest absolute Gasteiger partial charge is 0.245 e. The van der Waals surface area contributed by atoms with Crippen LogP contribution in [0.4, 0.5) is 21.8 Å². The van der Waals surface area contributed by atoms with Crippen molar-refractivity contribution in [2.75, 3.05) is 41.9 Å². The van der Waals surface area contributed by atoms with Gasteiger partial charge in [0, 0.05) is 25.2 Å². The Kier molecular flexibility index (Phi) is 10.1. The first-order chi connectivity index (χ1) is 19.1. The third-order valence-corrected chi connectivity index (χ3v) is 5.72. The number of nitrogens with zero attached hydrogens (tertiary/aromatic N) is 5. The van der Waals surface area contributed by atoms with Crippen LogP contribution in [0.1, 0.15) is 25.5 Å². The molecule has 1 fully saturated rings. The van der Waals surface area contributed by atoms with Crippen molar-refractivity contribution in [1.29, 1.82) is 0 Å². The molecule has 3 N–H and O–H groups in total. The normalized spacial score (nSPS) is 16.6. The van der Waals surface area contributed by atoms with Crippen molar-refractivity contribution in [1.82, 2.24) is 15.0 Å². The van der Waals surface area contributed by atoms with Crippen molar-refractivity contribution in [3.05, 3.63) is 108 Å². The van der Waals surface area contributed by atoms with E-state index in [9.17, 15) is 9.50 Å². The fourth-order valence-corrected chi connectivity index (χ4v) is 3.76. The first kappa shape index (κ1) is 27.5. The second kappa shape index (κ2) is 14.4. The fraction of sp³-hybridized carbons (Fsp3) is 0.241. The van der Waals surface area contributed by atoms with Gasteiger partial charge in [-0.3, -0.25) is 4.98 Å². The maximum atomic E-state index is 14.2. The second-order valence-electron chi connectivity index (χ2n) is 8.66. The van der Waals surface area contributed by atoms with Crippen LogP contribution >= 0.6 is 0 Å². The number of morpholine rings is 1. The van der Waals surface area contributed by atoms with Crippen LogP contribution in [0, 0.1) is 5.82 Å². The average Bonchev–Trinajstić information content (AvgIpc) is 3.18. The summed E-state index contributed by atoms with van der Waals surface area (Å²) in [4.78, 5) is 14.4. The van der Waals surface area contributed by atoms with Gasteiger partial charge in [0.05, 0.1) is 49.0 Å². The minimum Gasteiger partial charge on any atom is -0.512 e. The minimum atomic E-state index is -0.482. The van der Waals surface area contributed by atoms with Crippen LogP contribution in [0.5, 0.6) is 0 Å². The maximum absolute atomic E-state index is 14.2. The molecule has 0 unspecified atom stereocenters. The number of allylic oxidation sites excluding steroid dienone is 10. The minimum absolute atomic E-state index is 0.195. The van der Waals surface area contributed by atoms with Crippen molar-refractivity contribution in [2.24, 2.45) is 5.10 Å². The van der Waals surface area contributed by atoms with Gasteiger partial charge in [-0.05, 0) is 43.2 Å². The van der Waals surface area contributed by atoms with Crippen molar-refractivity contribution in [3.63, 3.8) is 0 Å². The lowest BCUT2D eigenvalue weighted by Gasteiger charge is -2.27. The lowest BCUT2D eigenvalue weighted by atomic mass is 10.1. The Bertz CT molecular complexity index is 1320. The highest BCUT2D eigenvalue weighted by atomic mass is 19.1. The molecule has 2 aromatic heterocycles. The molecule has 202 valence electrons. The van der Waals surface area contributed by atoms with Gasteiger partial charge in [-0.2, -0.15) is 10.1 Å². The number of rotatable bonds is 10. The van der Waals surface area contributed by atoms with Crippen LogP contribution in [0.2, 0.25) is 0 Å². The van der Waals surface area contributed by atoms with E-state index in [1.807, 2.05) is 60.4 Å². The summed E-state index contributed by atoms with van der Waals surface area (Å²) in [6.45, 7) is 4.15. The molecule has 0 radical (unpaired) electrons. The highest BCUT2D eigenvalue weighted by Crippen LogP contribution is 2.19. The number of hydrazone groups is 1. The molecular formula is C29H32FN7O2. The first-order valence-corrected chi connectivity index (χ1v) is 12.7. The molecule has 2 aromatic rings. The summed E-state index contributed by atoms with van der Waals surface area (Å²) in [6.07, 6.45) is 23.1. The van der Waals surface area contributed by atoms with Gasteiger partial charge in [-0.1, -0.05) is 42.5 Å². The summed E-state index contributed by atoms with van der Waals surface area (Å²) in [5.41, 5.74) is 6.06. The zero-order valence-electron chi connectivity index (χ0n) is 21.8. The topological polar surface area (TPSA) is 108 Å². The van der Waals surface area contributed by atoms with Crippen molar-refractivity contribution < 1.29 is 14.2 Å². The van der Waals surface area contributed by atoms with Gasteiger partial charge in [0.2, 0.25) is 5.95 Å². The monoisotopic (exact) mass is 529 g/mol. The highest BCUT2D eigenvalue weighted by molar-refractivity contribution is 5.78. The molecule has 0 saturated carbocycles. The number of nitrogens with one attached hydrogen (secondary N) is 2. The summed E-state index contributed by atoms with van der Waals surface area (Å²) >= 11 is 0. The lowest BCUT2D eigenvalue weighted by molar-refractivity contribution is 0.122. The fourth-order valence-electron chi connectivity index (χ4n) is 3.76. The predicted molar refractivity (Wildman–Crippen MR) is 153 cm³/mol. The molecule has 39 heavy (non-hydrogen) atoms. The van der Waals surface area contributed by atoms with Crippen molar-refractivity contribution in [3.8, 4) is 0 Å². The molecule has 1 aliphatic heterocycles. The molecule has 3 heterocycles. The standard InChI is InChI=1S/C29H32FN7O2/c1-2-3-4-5-9-26(38)18-22-7-6-8-23(11-10-22)34-25-13-12-24(31-19-25)20-33-36-29-32-21-27(30)28(35-29)37-14-16-39-17-15-37/h2-5,7-8,10-13,18-21,34,38H,6,9,14-17H2,1H3,(H,32,35,36)/b3-2-,5-4?,26-18-,33-20+. The molecule has 0 bridgehead atoms. The maximum Gasteiger partial charge on any atom is 0.245 e. The number of anilines is 3. The SMILES string of the molecule is C/C=C\C=CC/C(O)=C/C1=CCC=C(Nc2ccc(/C=N/Nc3ncc(F)c(N4CCOCC4)n3)nc2)C=C1. The number of ether oxygens (including phenoxy) is 1. The highest BCUT2D eigenvalue weighted by Gasteiger charge is 2.17. The molecule has 1 aliphatic carbocycles. The molecule has 4 rings (SSSR count). The summed E-state index contributed by atoms with van der Waals surface area (Å²) in [5.74, 6) is 0.251. The number of hydrogen-bond donors (Lipinski definition) is 3. The third-order valence-electron chi connectivity index (χ3n) is 5.72. The first-order valence-electron chi connectivity index (χ1n) is 12.7. The molecule has 0 spiro atoms. The number of halogens is 1. The van der Waals surface area contributed by atoms with Crippen LogP contribution in [0.3, 0.4) is 0 Å². The molecule has 2 aliphatic rings. The van der Waals surface area contributed by atoms with E-state index in [-0.39, 0.29) is 11.8 Å². The number of hydrogen-bond acceptors (Lipinski definition) is 9. The van der Waals surface area contributed by atoms with Gasteiger partial charge < -0.3 is 20.1 Å². The van der Waals surface area contributed by atoms with Crippen LogP contribution in [0.15, 0.2) is 101 Å². The van der Waals surface area contributed by atoms with Crippen LogP contribution < -0.4 is 15.6 Å². The molecule has 10 heteroatoms. The van der Waals surface area contributed by atoms with Gasteiger partial charge in [0.15, 0.2) is 11.6 Å². The van der Waals surface area contributed by atoms with E-state index in [1.54, 1.807) is 18.5 Å². The van der Waals surface area contributed by atoms with E-state index in [0.29, 0.717) is 44.2 Å². The average molecular weight is 530 g/mol. The number of aliphatic hydroxyl groups is 1. The Morgan fingerprint density at radius 3 is 2.82 bits per heavy atom. The van der Waals surface area contributed by atoms with Gasteiger partial charge in [-0.15, -0.1) is 0 Å². The van der Waals surface area contributed by atoms with Crippen LogP contribution in [-0.4, -0.2) is 52.6 Å². The summed E-state index contributed by atoms with van der Waals surface area (Å²) in [6, 6.07) is 3.72. The Morgan fingerprint density at radius 1 is 1.15 bits per heavy atom. The van der Waals surface area contributed by atoms with E-state index >= 15 is 0 Å². The van der Waals surface area contributed by atoms with Gasteiger partial charge in [-0.25, -0.2) is 14.8 Å². The van der Waals surface area contributed by atoms with Crippen LogP contribution in [0.25, 0.3) is 0 Å². The molecular weight excluding hydrogens is 497 g/mol. The Labute approximate surface area is 227 Å².